The summed E-state index contributed by atoms with van der Waals surface area (Å²) in [6.07, 6.45) is 3.14. The summed E-state index contributed by atoms with van der Waals surface area (Å²) >= 11 is 0. The molecule has 0 aliphatic heterocycles. The van der Waals surface area contributed by atoms with Crippen LogP contribution in [0.5, 0.6) is 0 Å². The summed E-state index contributed by atoms with van der Waals surface area (Å²) in [6, 6.07) is 16.7. The molecule has 1 aliphatic carbocycles. The van der Waals surface area contributed by atoms with Gasteiger partial charge in [0.15, 0.2) is 5.78 Å². The Kier molecular flexibility index (Phi) is 3.57. The molecule has 0 saturated heterocycles. The van der Waals surface area contributed by atoms with E-state index >= 15 is 0 Å². The van der Waals surface area contributed by atoms with Crippen molar-refractivity contribution in [3.63, 3.8) is 0 Å². The Morgan fingerprint density at radius 2 is 1.75 bits per heavy atom. The zero-order valence-corrected chi connectivity index (χ0v) is 14.0. The van der Waals surface area contributed by atoms with Gasteiger partial charge >= 0.3 is 0 Å². The Hall–Kier alpha value is -2.68. The van der Waals surface area contributed by atoms with Crippen LogP contribution in [0, 0.1) is 13.8 Å². The summed E-state index contributed by atoms with van der Waals surface area (Å²) in [5, 5.41) is 4.50. The van der Waals surface area contributed by atoms with Gasteiger partial charge in [-0.05, 0) is 49.4 Å². The Balaban J connectivity index is 1.76. The van der Waals surface area contributed by atoms with Crippen LogP contribution in [-0.4, -0.2) is 15.6 Å². The molecule has 120 valence electrons. The molecule has 0 bridgehead atoms. The highest BCUT2D eigenvalue weighted by Crippen LogP contribution is 2.34. The first-order chi connectivity index (χ1) is 11.6. The number of hydrogen-bond donors (Lipinski definition) is 0. The highest BCUT2D eigenvalue weighted by atomic mass is 16.1. The second-order valence-corrected chi connectivity index (χ2v) is 6.70. The molecule has 0 radical (unpaired) electrons. The van der Waals surface area contributed by atoms with Crippen LogP contribution in [0.4, 0.5) is 0 Å². The van der Waals surface area contributed by atoms with Crippen LogP contribution in [0.3, 0.4) is 0 Å². The highest BCUT2D eigenvalue weighted by molar-refractivity contribution is 5.98. The van der Waals surface area contributed by atoms with Gasteiger partial charge in [-0.2, -0.15) is 5.10 Å². The van der Waals surface area contributed by atoms with E-state index in [9.17, 15) is 4.79 Å². The van der Waals surface area contributed by atoms with E-state index in [4.69, 9.17) is 0 Å². The van der Waals surface area contributed by atoms with Crippen LogP contribution >= 0.6 is 0 Å². The topological polar surface area (TPSA) is 34.9 Å². The zero-order valence-electron chi connectivity index (χ0n) is 14.0. The minimum Gasteiger partial charge on any atom is -0.294 e. The third-order valence-electron chi connectivity index (χ3n) is 4.80. The van der Waals surface area contributed by atoms with Gasteiger partial charge < -0.3 is 0 Å². The maximum absolute atomic E-state index is 12.6. The molecule has 1 aliphatic rings. The Labute approximate surface area is 141 Å². The van der Waals surface area contributed by atoms with Crippen LogP contribution in [0.2, 0.25) is 0 Å². The molecule has 0 amide bonds. The van der Waals surface area contributed by atoms with Gasteiger partial charge in [0.05, 0.1) is 23.1 Å². The normalized spacial score (nSPS) is 16.9. The van der Waals surface area contributed by atoms with Gasteiger partial charge in [0, 0.05) is 6.42 Å². The largest absolute Gasteiger partial charge is 0.294 e. The van der Waals surface area contributed by atoms with Crippen LogP contribution in [0.25, 0.3) is 5.69 Å². The molecule has 2 aromatic carbocycles. The lowest BCUT2D eigenvalue weighted by molar-refractivity contribution is 0.0963. The molecule has 1 atom stereocenters. The summed E-state index contributed by atoms with van der Waals surface area (Å²) in [5.41, 5.74) is 6.50. The van der Waals surface area contributed by atoms with Gasteiger partial charge in [0.25, 0.3) is 0 Å². The van der Waals surface area contributed by atoms with Gasteiger partial charge in [-0.15, -0.1) is 0 Å². The lowest BCUT2D eigenvalue weighted by Gasteiger charge is -2.23. The number of Topliss-reactive ketones (excluding diaryl/α,β-unsaturated/α-hetero) is 1. The third-order valence-corrected chi connectivity index (χ3v) is 4.80. The minimum absolute atomic E-state index is 0.196. The van der Waals surface area contributed by atoms with Gasteiger partial charge in [-0.1, -0.05) is 42.0 Å². The maximum atomic E-state index is 12.6. The number of hydrogen-bond acceptors (Lipinski definition) is 2. The lowest BCUT2D eigenvalue weighted by atomic mass is 9.82. The second-order valence-electron chi connectivity index (χ2n) is 6.70. The van der Waals surface area contributed by atoms with E-state index in [1.54, 1.807) is 6.20 Å². The molecule has 0 unspecified atom stereocenters. The predicted molar refractivity (Wildman–Crippen MR) is 94.9 cm³/mol. The smallest absolute Gasteiger partial charge is 0.166 e. The van der Waals surface area contributed by atoms with E-state index in [0.717, 1.165) is 23.4 Å². The van der Waals surface area contributed by atoms with E-state index in [1.165, 1.54) is 16.7 Å². The molecule has 0 saturated carbocycles. The Morgan fingerprint density at radius 3 is 2.50 bits per heavy atom. The molecule has 0 fully saturated rings. The summed E-state index contributed by atoms with van der Waals surface area (Å²) in [4.78, 5) is 12.6. The van der Waals surface area contributed by atoms with Crippen molar-refractivity contribution in [2.45, 2.75) is 32.6 Å². The van der Waals surface area contributed by atoms with Crippen molar-refractivity contribution < 1.29 is 4.79 Å². The number of nitrogens with zero attached hydrogens (tertiary/aromatic N) is 2. The number of benzene rings is 2. The second kappa shape index (κ2) is 5.75. The van der Waals surface area contributed by atoms with Crippen LogP contribution in [0.1, 0.15) is 45.1 Å². The van der Waals surface area contributed by atoms with Gasteiger partial charge in [-0.25, -0.2) is 4.68 Å². The van der Waals surface area contributed by atoms with Crippen molar-refractivity contribution in [2.75, 3.05) is 0 Å². The molecule has 0 N–H and O–H groups in total. The number of aryl methyl sites for hydroxylation is 2. The van der Waals surface area contributed by atoms with Crippen molar-refractivity contribution in [3.8, 4) is 5.69 Å². The van der Waals surface area contributed by atoms with Gasteiger partial charge in [0.1, 0.15) is 0 Å². The molecule has 4 rings (SSSR count). The van der Waals surface area contributed by atoms with Crippen molar-refractivity contribution in [2.24, 2.45) is 0 Å². The number of carbonyl (C=O) groups excluding carboxylic acids is 1. The SMILES string of the molecule is Cc1cccc([C@H]2CC(=O)c3cnn(-c4cccc(C)c4)c3C2)c1. The Bertz CT molecular complexity index is 923. The summed E-state index contributed by atoms with van der Waals surface area (Å²) in [5.74, 6) is 0.423. The van der Waals surface area contributed by atoms with E-state index in [0.29, 0.717) is 6.42 Å². The molecule has 1 heterocycles. The summed E-state index contributed by atoms with van der Waals surface area (Å²) in [7, 11) is 0. The van der Waals surface area contributed by atoms with Gasteiger partial charge in [0.2, 0.25) is 0 Å². The average molecular weight is 316 g/mol. The zero-order chi connectivity index (χ0) is 16.7. The standard InChI is InChI=1S/C21H20N2O/c1-14-5-3-7-16(9-14)17-11-20-19(21(24)12-17)13-22-23(20)18-8-4-6-15(2)10-18/h3-10,13,17H,11-12H2,1-2H3/t17-/m1/s1. The van der Waals surface area contributed by atoms with Crippen molar-refractivity contribution >= 4 is 5.78 Å². The molecule has 3 nitrogen and oxygen atoms in total. The molecule has 24 heavy (non-hydrogen) atoms. The van der Waals surface area contributed by atoms with E-state index < -0.39 is 0 Å². The fraction of sp³-hybridized carbons (Fsp3) is 0.238. The number of fused-ring (bicyclic) bond motifs is 1. The maximum Gasteiger partial charge on any atom is 0.166 e. The molecular weight excluding hydrogens is 296 g/mol. The number of rotatable bonds is 2. The van der Waals surface area contributed by atoms with Crippen LogP contribution in [0.15, 0.2) is 54.7 Å². The minimum atomic E-state index is 0.196. The van der Waals surface area contributed by atoms with Gasteiger partial charge in [-0.3, -0.25) is 4.79 Å². The first-order valence-corrected chi connectivity index (χ1v) is 8.35. The summed E-state index contributed by atoms with van der Waals surface area (Å²) < 4.78 is 1.93. The first-order valence-electron chi connectivity index (χ1n) is 8.35. The van der Waals surface area contributed by atoms with Crippen LogP contribution < -0.4 is 0 Å². The van der Waals surface area contributed by atoms with Crippen molar-refractivity contribution in [1.29, 1.82) is 0 Å². The molecule has 3 heteroatoms. The van der Waals surface area contributed by atoms with E-state index in [-0.39, 0.29) is 11.7 Å². The van der Waals surface area contributed by atoms with E-state index in [2.05, 4.69) is 55.3 Å². The van der Waals surface area contributed by atoms with E-state index in [1.807, 2.05) is 16.8 Å². The first kappa shape index (κ1) is 14.9. The number of aromatic nitrogens is 2. The number of ketones is 1. The molecular formula is C21H20N2O. The fourth-order valence-electron chi connectivity index (χ4n) is 3.58. The third kappa shape index (κ3) is 2.56. The molecule has 3 aromatic rings. The average Bonchev–Trinajstić information content (AvgIpc) is 2.99. The quantitative estimate of drug-likeness (QED) is 0.702. The fourth-order valence-corrected chi connectivity index (χ4v) is 3.58. The number of carbonyl (C=O) groups is 1. The molecule has 1 aromatic heterocycles. The summed E-state index contributed by atoms with van der Waals surface area (Å²) in [6.45, 7) is 4.16. The predicted octanol–water partition coefficient (Wildman–Crippen LogP) is 4.40. The van der Waals surface area contributed by atoms with Crippen LogP contribution in [-0.2, 0) is 6.42 Å². The monoisotopic (exact) mass is 316 g/mol. The van der Waals surface area contributed by atoms with Crippen molar-refractivity contribution in [3.05, 3.63) is 82.7 Å². The highest BCUT2D eigenvalue weighted by Gasteiger charge is 2.30. The Morgan fingerprint density at radius 1 is 1.00 bits per heavy atom. The van der Waals surface area contributed by atoms with Crippen molar-refractivity contribution in [1.82, 2.24) is 9.78 Å². The molecule has 0 spiro atoms. The lowest BCUT2D eigenvalue weighted by Crippen LogP contribution is -2.20.